The van der Waals surface area contributed by atoms with Crippen molar-refractivity contribution in [2.75, 3.05) is 12.8 Å². The summed E-state index contributed by atoms with van der Waals surface area (Å²) in [6, 6.07) is 15.7. The lowest BCUT2D eigenvalue weighted by molar-refractivity contribution is 0.0259. The number of thioether (sulfide) groups is 1. The third-order valence-electron chi connectivity index (χ3n) is 4.43. The molecule has 1 unspecified atom stereocenters. The Hall–Kier alpha value is -1.78. The molecule has 0 fully saturated rings. The van der Waals surface area contributed by atoms with Crippen LogP contribution in [0.3, 0.4) is 0 Å². The molecule has 2 aromatic carbocycles. The van der Waals surface area contributed by atoms with Crippen molar-refractivity contribution in [1.82, 2.24) is 5.32 Å². The van der Waals surface area contributed by atoms with Crippen LogP contribution in [0.2, 0.25) is 0 Å². The summed E-state index contributed by atoms with van der Waals surface area (Å²) in [7, 11) is 0. The van der Waals surface area contributed by atoms with E-state index < -0.39 is 5.60 Å². The molecule has 3 rings (SSSR count). The van der Waals surface area contributed by atoms with Gasteiger partial charge in [0.25, 0.3) is 5.91 Å². The molecule has 3 nitrogen and oxygen atoms in total. The minimum atomic E-state index is -0.863. The lowest BCUT2D eigenvalue weighted by Crippen LogP contribution is -2.46. The van der Waals surface area contributed by atoms with E-state index in [9.17, 15) is 9.90 Å². The standard InChI is InChI=1S/C19H21NO2S/c1-23-17-9-5-4-8-16(17)18(21)20-13-19(22)11-10-14-6-2-3-7-15(14)12-19/h2-9,22H,10-13H2,1H3,(H,20,21). The van der Waals surface area contributed by atoms with Crippen LogP contribution in [0.5, 0.6) is 0 Å². The molecule has 120 valence electrons. The van der Waals surface area contributed by atoms with Crippen molar-refractivity contribution in [3.05, 3.63) is 65.2 Å². The van der Waals surface area contributed by atoms with E-state index in [1.54, 1.807) is 11.8 Å². The Bertz CT molecular complexity index is 716. The molecule has 1 atom stereocenters. The van der Waals surface area contributed by atoms with Crippen LogP contribution < -0.4 is 5.32 Å². The van der Waals surface area contributed by atoms with Crippen molar-refractivity contribution >= 4 is 17.7 Å². The molecule has 0 aromatic heterocycles. The minimum absolute atomic E-state index is 0.123. The first-order valence-corrected chi connectivity index (χ1v) is 9.04. The van der Waals surface area contributed by atoms with Gasteiger partial charge in [0.2, 0.25) is 0 Å². The summed E-state index contributed by atoms with van der Waals surface area (Å²) in [5.74, 6) is -0.123. The van der Waals surface area contributed by atoms with Crippen molar-refractivity contribution in [2.24, 2.45) is 0 Å². The molecule has 1 aliphatic carbocycles. The molecule has 4 heteroatoms. The van der Waals surface area contributed by atoms with Gasteiger partial charge >= 0.3 is 0 Å². The Morgan fingerprint density at radius 1 is 1.17 bits per heavy atom. The number of aryl methyl sites for hydroxylation is 1. The minimum Gasteiger partial charge on any atom is -0.388 e. The average Bonchev–Trinajstić information content (AvgIpc) is 2.59. The summed E-state index contributed by atoms with van der Waals surface area (Å²) in [6.45, 7) is 0.281. The van der Waals surface area contributed by atoms with Crippen LogP contribution >= 0.6 is 11.8 Å². The van der Waals surface area contributed by atoms with Gasteiger partial charge in [-0.3, -0.25) is 4.79 Å². The van der Waals surface area contributed by atoms with Gasteiger partial charge in [-0.2, -0.15) is 0 Å². The number of fused-ring (bicyclic) bond motifs is 1. The summed E-state index contributed by atoms with van der Waals surface area (Å²) in [5.41, 5.74) is 2.29. The third-order valence-corrected chi connectivity index (χ3v) is 5.22. The second-order valence-corrected chi connectivity index (χ2v) is 6.90. The number of aliphatic hydroxyl groups is 1. The van der Waals surface area contributed by atoms with Crippen molar-refractivity contribution in [1.29, 1.82) is 0 Å². The molecule has 0 bridgehead atoms. The van der Waals surface area contributed by atoms with Crippen LogP contribution in [0.1, 0.15) is 27.9 Å². The van der Waals surface area contributed by atoms with E-state index in [1.165, 1.54) is 11.1 Å². The fourth-order valence-corrected chi connectivity index (χ4v) is 3.70. The first-order valence-electron chi connectivity index (χ1n) is 7.82. The number of amides is 1. The number of carbonyl (C=O) groups excluding carboxylic acids is 1. The molecule has 0 saturated carbocycles. The van der Waals surface area contributed by atoms with Crippen molar-refractivity contribution in [3.8, 4) is 0 Å². The first kappa shape index (κ1) is 16.1. The SMILES string of the molecule is CSc1ccccc1C(=O)NCC1(O)CCc2ccccc2C1. The molecule has 0 spiro atoms. The quantitative estimate of drug-likeness (QED) is 0.849. The summed E-state index contributed by atoms with van der Waals surface area (Å²) in [4.78, 5) is 13.4. The van der Waals surface area contributed by atoms with Gasteiger partial charge in [0, 0.05) is 17.9 Å². The lowest BCUT2D eigenvalue weighted by atomic mass is 9.80. The predicted octanol–water partition coefficient (Wildman–Crippen LogP) is 3.06. The van der Waals surface area contributed by atoms with E-state index in [1.807, 2.05) is 42.7 Å². The second-order valence-electron chi connectivity index (χ2n) is 6.05. The van der Waals surface area contributed by atoms with Crippen LogP contribution in [-0.2, 0) is 12.8 Å². The molecule has 2 N–H and O–H groups in total. The molecule has 0 radical (unpaired) electrons. The first-order chi connectivity index (χ1) is 11.1. The van der Waals surface area contributed by atoms with Crippen LogP contribution in [-0.4, -0.2) is 29.4 Å². The number of hydrogen-bond donors (Lipinski definition) is 2. The highest BCUT2D eigenvalue weighted by Gasteiger charge is 2.32. The number of nitrogens with one attached hydrogen (secondary N) is 1. The maximum atomic E-state index is 12.4. The summed E-state index contributed by atoms with van der Waals surface area (Å²) in [6.07, 6.45) is 4.07. The summed E-state index contributed by atoms with van der Waals surface area (Å²) < 4.78 is 0. The van der Waals surface area contributed by atoms with E-state index in [-0.39, 0.29) is 12.5 Å². The number of carbonyl (C=O) groups is 1. The normalized spacial score (nSPS) is 19.9. The number of benzene rings is 2. The predicted molar refractivity (Wildman–Crippen MR) is 94.0 cm³/mol. The Balaban J connectivity index is 1.67. The van der Waals surface area contributed by atoms with Gasteiger partial charge < -0.3 is 10.4 Å². The van der Waals surface area contributed by atoms with Gasteiger partial charge in [-0.25, -0.2) is 0 Å². The van der Waals surface area contributed by atoms with Crippen molar-refractivity contribution < 1.29 is 9.90 Å². The Labute approximate surface area is 141 Å². The third kappa shape index (κ3) is 3.59. The zero-order valence-corrected chi connectivity index (χ0v) is 14.0. The zero-order valence-electron chi connectivity index (χ0n) is 13.2. The van der Waals surface area contributed by atoms with E-state index in [2.05, 4.69) is 17.4 Å². The van der Waals surface area contributed by atoms with Gasteiger partial charge in [0.15, 0.2) is 0 Å². The highest BCUT2D eigenvalue weighted by atomic mass is 32.2. The monoisotopic (exact) mass is 327 g/mol. The fraction of sp³-hybridized carbons (Fsp3) is 0.316. The molecule has 0 aliphatic heterocycles. The van der Waals surface area contributed by atoms with E-state index in [4.69, 9.17) is 0 Å². The van der Waals surface area contributed by atoms with E-state index in [0.717, 1.165) is 11.3 Å². The van der Waals surface area contributed by atoms with Crippen LogP contribution in [0, 0.1) is 0 Å². The smallest absolute Gasteiger partial charge is 0.252 e. The molecular weight excluding hydrogens is 306 g/mol. The van der Waals surface area contributed by atoms with Gasteiger partial charge in [-0.05, 0) is 42.4 Å². The number of hydrogen-bond acceptors (Lipinski definition) is 3. The molecular formula is C19H21NO2S. The Morgan fingerprint density at radius 2 is 1.87 bits per heavy atom. The molecule has 0 heterocycles. The van der Waals surface area contributed by atoms with Gasteiger partial charge in [0.05, 0.1) is 11.2 Å². The Morgan fingerprint density at radius 3 is 2.65 bits per heavy atom. The summed E-state index contributed by atoms with van der Waals surface area (Å²) in [5, 5.41) is 13.7. The molecule has 1 amide bonds. The van der Waals surface area contributed by atoms with Gasteiger partial charge in [0.1, 0.15) is 0 Å². The van der Waals surface area contributed by atoms with Crippen molar-refractivity contribution in [3.63, 3.8) is 0 Å². The molecule has 0 saturated heterocycles. The summed E-state index contributed by atoms with van der Waals surface area (Å²) >= 11 is 1.55. The molecule has 23 heavy (non-hydrogen) atoms. The van der Waals surface area contributed by atoms with Crippen LogP contribution in [0.15, 0.2) is 53.4 Å². The van der Waals surface area contributed by atoms with Gasteiger partial charge in [-0.15, -0.1) is 11.8 Å². The second kappa shape index (κ2) is 6.77. The van der Waals surface area contributed by atoms with Crippen molar-refractivity contribution in [2.45, 2.75) is 29.8 Å². The van der Waals surface area contributed by atoms with Crippen LogP contribution in [0.25, 0.3) is 0 Å². The highest BCUT2D eigenvalue weighted by Crippen LogP contribution is 2.28. The maximum Gasteiger partial charge on any atom is 0.252 e. The topological polar surface area (TPSA) is 49.3 Å². The maximum absolute atomic E-state index is 12.4. The van der Waals surface area contributed by atoms with Crippen LogP contribution in [0.4, 0.5) is 0 Å². The molecule has 1 aliphatic rings. The zero-order chi connectivity index (χ0) is 16.3. The fourth-order valence-electron chi connectivity index (χ4n) is 3.11. The highest BCUT2D eigenvalue weighted by molar-refractivity contribution is 7.98. The number of rotatable bonds is 4. The lowest BCUT2D eigenvalue weighted by Gasteiger charge is -2.33. The Kier molecular flexibility index (Phi) is 4.74. The van der Waals surface area contributed by atoms with E-state index >= 15 is 0 Å². The average molecular weight is 327 g/mol. The molecule has 2 aromatic rings. The largest absolute Gasteiger partial charge is 0.388 e. The van der Waals surface area contributed by atoms with Gasteiger partial charge in [-0.1, -0.05) is 36.4 Å². The van der Waals surface area contributed by atoms with E-state index in [0.29, 0.717) is 18.4 Å².